The van der Waals surface area contributed by atoms with E-state index in [1.165, 1.54) is 10.4 Å². The van der Waals surface area contributed by atoms with E-state index in [0.29, 0.717) is 11.8 Å². The van der Waals surface area contributed by atoms with Crippen LogP contribution >= 0.6 is 11.3 Å². The molecule has 1 N–H and O–H groups in total. The van der Waals surface area contributed by atoms with E-state index in [1.54, 1.807) is 17.4 Å². The van der Waals surface area contributed by atoms with E-state index >= 15 is 0 Å². The fourth-order valence-electron chi connectivity index (χ4n) is 2.39. The molecule has 0 radical (unpaired) electrons. The normalized spacial score (nSPS) is 11.9. The number of fused-ring (bicyclic) bond motifs is 1. The highest BCUT2D eigenvalue weighted by atomic mass is 32.1. The number of benzene rings is 1. The lowest BCUT2D eigenvalue weighted by Gasteiger charge is -2.10. The molecule has 0 spiro atoms. The van der Waals surface area contributed by atoms with Crippen molar-refractivity contribution < 1.29 is 4.39 Å². The van der Waals surface area contributed by atoms with Crippen molar-refractivity contribution in [1.29, 1.82) is 0 Å². The highest BCUT2D eigenvalue weighted by Crippen LogP contribution is 2.37. The Morgan fingerprint density at radius 3 is 2.58 bits per heavy atom. The van der Waals surface area contributed by atoms with Gasteiger partial charge in [-0.15, -0.1) is 11.3 Å². The van der Waals surface area contributed by atoms with Crippen molar-refractivity contribution in [2.45, 2.75) is 40.2 Å². The predicted molar refractivity (Wildman–Crippen MR) is 82.4 cm³/mol. The van der Waals surface area contributed by atoms with Crippen LogP contribution in [0.3, 0.4) is 0 Å². The fourth-order valence-corrected chi connectivity index (χ4v) is 3.72. The Morgan fingerprint density at radius 1 is 1.21 bits per heavy atom. The van der Waals surface area contributed by atoms with E-state index in [4.69, 9.17) is 0 Å². The van der Waals surface area contributed by atoms with Gasteiger partial charge in [-0.05, 0) is 35.4 Å². The second kappa shape index (κ2) is 6.02. The van der Waals surface area contributed by atoms with E-state index in [0.717, 1.165) is 23.2 Å². The van der Waals surface area contributed by atoms with Gasteiger partial charge < -0.3 is 5.32 Å². The third kappa shape index (κ3) is 3.15. The number of nitrogens with one attached hydrogen (secondary N) is 1. The standard InChI is InChI=1S/C16H22FNS/c1-10(2)8-18-9-14-15(11(3)4)12-6-5-7-13(17)16(12)19-14/h5-7,10-11,18H,8-9H2,1-4H3. The van der Waals surface area contributed by atoms with Crippen LogP contribution in [0.15, 0.2) is 18.2 Å². The molecular weight excluding hydrogens is 257 g/mol. The summed E-state index contributed by atoms with van der Waals surface area (Å²) < 4.78 is 14.7. The number of thiophene rings is 1. The first-order valence-corrected chi connectivity index (χ1v) is 7.72. The summed E-state index contributed by atoms with van der Waals surface area (Å²) in [6.45, 7) is 10.6. The van der Waals surface area contributed by atoms with E-state index in [2.05, 4.69) is 33.0 Å². The summed E-state index contributed by atoms with van der Waals surface area (Å²) in [6.07, 6.45) is 0. The van der Waals surface area contributed by atoms with Gasteiger partial charge in [-0.3, -0.25) is 0 Å². The van der Waals surface area contributed by atoms with Crippen LogP contribution < -0.4 is 5.32 Å². The van der Waals surface area contributed by atoms with Gasteiger partial charge in [0.1, 0.15) is 5.82 Å². The first-order valence-electron chi connectivity index (χ1n) is 6.91. The average Bonchev–Trinajstić information content (AvgIpc) is 2.68. The summed E-state index contributed by atoms with van der Waals surface area (Å²) in [5.74, 6) is 0.958. The van der Waals surface area contributed by atoms with Crippen molar-refractivity contribution in [3.8, 4) is 0 Å². The quantitative estimate of drug-likeness (QED) is 0.820. The predicted octanol–water partition coefficient (Wildman–Crippen LogP) is 4.91. The van der Waals surface area contributed by atoms with Crippen LogP contribution in [-0.4, -0.2) is 6.54 Å². The van der Waals surface area contributed by atoms with E-state index in [1.807, 2.05) is 12.1 Å². The molecule has 1 heterocycles. The Balaban J connectivity index is 2.36. The zero-order valence-corrected chi connectivity index (χ0v) is 12.9. The van der Waals surface area contributed by atoms with Crippen LogP contribution in [0.2, 0.25) is 0 Å². The molecule has 2 aromatic rings. The SMILES string of the molecule is CC(C)CNCc1sc2c(F)cccc2c1C(C)C. The second-order valence-corrected chi connectivity index (χ2v) is 6.84. The topological polar surface area (TPSA) is 12.0 Å². The van der Waals surface area contributed by atoms with E-state index in [9.17, 15) is 4.39 Å². The van der Waals surface area contributed by atoms with Crippen LogP contribution in [-0.2, 0) is 6.54 Å². The number of hydrogen-bond acceptors (Lipinski definition) is 2. The van der Waals surface area contributed by atoms with Crippen molar-refractivity contribution in [3.63, 3.8) is 0 Å². The van der Waals surface area contributed by atoms with E-state index < -0.39 is 0 Å². The fraction of sp³-hybridized carbons (Fsp3) is 0.500. The minimum Gasteiger partial charge on any atom is -0.312 e. The van der Waals surface area contributed by atoms with Gasteiger partial charge in [-0.25, -0.2) is 4.39 Å². The molecule has 0 saturated carbocycles. The molecule has 0 saturated heterocycles. The van der Waals surface area contributed by atoms with Crippen molar-refractivity contribution in [1.82, 2.24) is 5.32 Å². The lowest BCUT2D eigenvalue weighted by molar-refractivity contribution is 0.553. The molecule has 104 valence electrons. The van der Waals surface area contributed by atoms with Gasteiger partial charge in [0.25, 0.3) is 0 Å². The molecular formula is C16H22FNS. The van der Waals surface area contributed by atoms with Crippen LogP contribution in [0.5, 0.6) is 0 Å². The second-order valence-electron chi connectivity index (χ2n) is 5.73. The Labute approximate surface area is 118 Å². The van der Waals surface area contributed by atoms with Crippen molar-refractivity contribution in [2.24, 2.45) is 5.92 Å². The van der Waals surface area contributed by atoms with Crippen molar-refractivity contribution >= 4 is 21.4 Å². The van der Waals surface area contributed by atoms with Gasteiger partial charge >= 0.3 is 0 Å². The van der Waals surface area contributed by atoms with Crippen LogP contribution in [0, 0.1) is 11.7 Å². The monoisotopic (exact) mass is 279 g/mol. The number of rotatable bonds is 5. The van der Waals surface area contributed by atoms with Crippen LogP contribution in [0.25, 0.3) is 10.1 Å². The lowest BCUT2D eigenvalue weighted by atomic mass is 9.99. The molecule has 0 fully saturated rings. The summed E-state index contributed by atoms with van der Waals surface area (Å²) in [7, 11) is 0. The molecule has 19 heavy (non-hydrogen) atoms. The first kappa shape index (κ1) is 14.5. The molecule has 0 amide bonds. The van der Waals surface area contributed by atoms with Crippen LogP contribution in [0.1, 0.15) is 44.1 Å². The average molecular weight is 279 g/mol. The molecule has 1 nitrogen and oxygen atoms in total. The van der Waals surface area contributed by atoms with Crippen molar-refractivity contribution in [3.05, 3.63) is 34.5 Å². The summed E-state index contributed by atoms with van der Waals surface area (Å²) in [5.41, 5.74) is 1.30. The Morgan fingerprint density at radius 2 is 1.95 bits per heavy atom. The number of hydrogen-bond donors (Lipinski definition) is 1. The van der Waals surface area contributed by atoms with Gasteiger partial charge in [0, 0.05) is 11.4 Å². The molecule has 0 aliphatic carbocycles. The third-order valence-corrected chi connectivity index (χ3v) is 4.43. The maximum absolute atomic E-state index is 13.9. The van der Waals surface area contributed by atoms with Gasteiger partial charge in [0.05, 0.1) is 4.70 Å². The maximum Gasteiger partial charge on any atom is 0.141 e. The molecule has 2 rings (SSSR count). The summed E-state index contributed by atoms with van der Waals surface area (Å²) in [4.78, 5) is 1.27. The molecule has 0 atom stereocenters. The highest BCUT2D eigenvalue weighted by molar-refractivity contribution is 7.19. The van der Waals surface area contributed by atoms with Gasteiger partial charge in [-0.2, -0.15) is 0 Å². The number of halogens is 1. The summed E-state index contributed by atoms with van der Waals surface area (Å²) in [6, 6.07) is 5.39. The maximum atomic E-state index is 13.9. The molecule has 1 aromatic carbocycles. The molecule has 0 bridgehead atoms. The summed E-state index contributed by atoms with van der Waals surface area (Å²) in [5, 5.41) is 4.55. The zero-order valence-electron chi connectivity index (χ0n) is 12.1. The molecule has 1 aromatic heterocycles. The van der Waals surface area contributed by atoms with Crippen LogP contribution in [0.4, 0.5) is 4.39 Å². The Kier molecular flexibility index (Phi) is 4.58. The summed E-state index contributed by atoms with van der Waals surface area (Å²) >= 11 is 1.59. The minimum atomic E-state index is -0.0977. The molecule has 0 unspecified atom stereocenters. The first-order chi connectivity index (χ1) is 9.00. The van der Waals surface area contributed by atoms with Crippen molar-refractivity contribution in [2.75, 3.05) is 6.54 Å². The molecule has 3 heteroatoms. The van der Waals surface area contributed by atoms with Gasteiger partial charge in [0.2, 0.25) is 0 Å². The van der Waals surface area contributed by atoms with Gasteiger partial charge in [0.15, 0.2) is 0 Å². The smallest absolute Gasteiger partial charge is 0.141 e. The zero-order chi connectivity index (χ0) is 14.0. The Hall–Kier alpha value is -0.930. The Bertz CT molecular complexity index is 557. The molecule has 0 aliphatic rings. The van der Waals surface area contributed by atoms with Gasteiger partial charge in [-0.1, -0.05) is 39.8 Å². The highest BCUT2D eigenvalue weighted by Gasteiger charge is 2.16. The third-order valence-electron chi connectivity index (χ3n) is 3.20. The van der Waals surface area contributed by atoms with E-state index in [-0.39, 0.29) is 5.82 Å². The lowest BCUT2D eigenvalue weighted by Crippen LogP contribution is -2.19. The minimum absolute atomic E-state index is 0.0977. The largest absolute Gasteiger partial charge is 0.312 e. The molecule has 0 aliphatic heterocycles.